The van der Waals surface area contributed by atoms with Crippen molar-refractivity contribution in [2.45, 2.75) is 135 Å². The second kappa shape index (κ2) is 19.5. The minimum Gasteiger partial charge on any atom is -0.481 e. The number of rotatable bonds is 18. The van der Waals surface area contributed by atoms with Crippen LogP contribution in [0.15, 0.2) is 59.8 Å². The van der Waals surface area contributed by atoms with Gasteiger partial charge in [0, 0.05) is 30.9 Å². The van der Waals surface area contributed by atoms with Gasteiger partial charge in [-0.1, -0.05) is 75.6 Å². The van der Waals surface area contributed by atoms with Crippen molar-refractivity contribution in [3.05, 3.63) is 59.8 Å². The first-order valence-corrected chi connectivity index (χ1v) is 16.9. The van der Waals surface area contributed by atoms with Gasteiger partial charge in [0.05, 0.1) is 25.0 Å². The molecule has 0 saturated carbocycles. The van der Waals surface area contributed by atoms with Gasteiger partial charge in [-0.3, -0.25) is 9.59 Å². The van der Waals surface area contributed by atoms with E-state index >= 15 is 0 Å². The average molecular weight is 675 g/mol. The van der Waals surface area contributed by atoms with E-state index < -0.39 is 47.5 Å². The molecule has 0 aliphatic carbocycles. The first kappa shape index (κ1) is 40.6. The number of carbonyl (C=O) groups is 4. The van der Waals surface area contributed by atoms with Gasteiger partial charge in [-0.15, -0.1) is 0 Å². The SMILES string of the molecule is CCCCC[C@@]1(OC(=O)CCC(=O)O)CC[C@]2(CC[C@H](C)[C@@H](CC=C(C)C=C[C@H](O)[C@@H](C)C=CC(=O)O)O2)O[C@H]1C=CC(C)=CC(=O)O. The molecule has 0 aromatic heterocycles. The van der Waals surface area contributed by atoms with Crippen LogP contribution in [0, 0.1) is 11.8 Å². The summed E-state index contributed by atoms with van der Waals surface area (Å²) in [7, 11) is 0. The molecule has 2 fully saturated rings. The summed E-state index contributed by atoms with van der Waals surface area (Å²) in [4.78, 5) is 46.2. The normalized spacial score (nSPS) is 28.2. The molecule has 7 atom stereocenters. The highest BCUT2D eigenvalue weighted by Crippen LogP contribution is 2.48. The number of carboxylic acid groups (broad SMARTS) is 3. The maximum atomic E-state index is 12.9. The molecule has 11 heteroatoms. The zero-order chi connectivity index (χ0) is 35.9. The van der Waals surface area contributed by atoms with Crippen LogP contribution in [0.3, 0.4) is 0 Å². The van der Waals surface area contributed by atoms with Crippen molar-refractivity contribution in [1.82, 2.24) is 0 Å². The maximum absolute atomic E-state index is 12.9. The van der Waals surface area contributed by atoms with E-state index in [2.05, 4.69) is 13.8 Å². The van der Waals surface area contributed by atoms with Crippen LogP contribution in [0.4, 0.5) is 0 Å². The molecule has 2 saturated heterocycles. The summed E-state index contributed by atoms with van der Waals surface area (Å²) in [6, 6.07) is 0. The van der Waals surface area contributed by atoms with Crippen LogP contribution >= 0.6 is 0 Å². The molecule has 268 valence electrons. The lowest BCUT2D eigenvalue weighted by Crippen LogP contribution is -2.59. The van der Waals surface area contributed by atoms with E-state index in [-0.39, 0.29) is 30.8 Å². The van der Waals surface area contributed by atoms with Gasteiger partial charge in [0.1, 0.15) is 11.7 Å². The molecule has 2 aliphatic rings. The van der Waals surface area contributed by atoms with Gasteiger partial charge in [0.2, 0.25) is 0 Å². The zero-order valence-electron chi connectivity index (χ0n) is 28.9. The van der Waals surface area contributed by atoms with Gasteiger partial charge in [-0.05, 0) is 57.4 Å². The van der Waals surface area contributed by atoms with Crippen molar-refractivity contribution in [3.63, 3.8) is 0 Å². The number of hydrogen-bond acceptors (Lipinski definition) is 8. The molecule has 1 spiro atoms. The summed E-state index contributed by atoms with van der Waals surface area (Å²) >= 11 is 0. The number of allylic oxidation sites excluding steroid dienone is 4. The number of carbonyl (C=O) groups excluding carboxylic acids is 1. The first-order valence-electron chi connectivity index (χ1n) is 16.9. The average Bonchev–Trinajstić information content (AvgIpc) is 3.02. The van der Waals surface area contributed by atoms with Gasteiger partial charge < -0.3 is 34.6 Å². The van der Waals surface area contributed by atoms with Gasteiger partial charge in [-0.2, -0.15) is 0 Å². The summed E-state index contributed by atoms with van der Waals surface area (Å²) < 4.78 is 19.6. The fourth-order valence-corrected chi connectivity index (χ4v) is 6.01. The number of ether oxygens (including phenoxy) is 3. The first-order chi connectivity index (χ1) is 22.6. The quantitative estimate of drug-likeness (QED) is 0.0539. The van der Waals surface area contributed by atoms with Gasteiger partial charge in [-0.25, -0.2) is 9.59 Å². The van der Waals surface area contributed by atoms with Crippen molar-refractivity contribution in [2.24, 2.45) is 11.8 Å². The molecule has 2 rings (SSSR count). The summed E-state index contributed by atoms with van der Waals surface area (Å²) in [5, 5.41) is 37.6. The summed E-state index contributed by atoms with van der Waals surface area (Å²) in [6.07, 6.45) is 16.0. The lowest BCUT2D eigenvalue weighted by atomic mass is 9.78. The molecule has 2 aliphatic heterocycles. The van der Waals surface area contributed by atoms with Crippen LogP contribution in [0.25, 0.3) is 0 Å². The van der Waals surface area contributed by atoms with Crippen LogP contribution in [0.1, 0.15) is 105 Å². The van der Waals surface area contributed by atoms with Crippen LogP contribution in [-0.2, 0) is 33.4 Å². The molecule has 0 bridgehead atoms. The number of esters is 1. The van der Waals surface area contributed by atoms with E-state index in [0.29, 0.717) is 37.7 Å². The van der Waals surface area contributed by atoms with Crippen molar-refractivity contribution < 1.29 is 53.8 Å². The zero-order valence-corrected chi connectivity index (χ0v) is 28.9. The topological polar surface area (TPSA) is 177 Å². The van der Waals surface area contributed by atoms with E-state index in [0.717, 1.165) is 43.4 Å². The Labute approximate surface area is 284 Å². The van der Waals surface area contributed by atoms with E-state index in [9.17, 15) is 29.4 Å². The van der Waals surface area contributed by atoms with Crippen molar-refractivity contribution >= 4 is 23.9 Å². The number of aliphatic hydroxyl groups is 1. The number of aliphatic hydroxyl groups excluding tert-OH is 1. The Bertz CT molecular complexity index is 1260. The third kappa shape index (κ3) is 13.5. The minimum atomic E-state index is -1.09. The molecule has 48 heavy (non-hydrogen) atoms. The predicted octanol–water partition coefficient (Wildman–Crippen LogP) is 6.52. The van der Waals surface area contributed by atoms with E-state index in [1.54, 1.807) is 38.2 Å². The smallest absolute Gasteiger partial charge is 0.328 e. The third-order valence-electron chi connectivity index (χ3n) is 9.03. The molecule has 4 N–H and O–H groups in total. The van der Waals surface area contributed by atoms with Crippen molar-refractivity contribution in [3.8, 4) is 0 Å². The van der Waals surface area contributed by atoms with Crippen LogP contribution in [0.2, 0.25) is 0 Å². The Hall–Kier alpha value is -3.54. The van der Waals surface area contributed by atoms with E-state index in [4.69, 9.17) is 24.4 Å². The number of aliphatic carboxylic acids is 3. The molecular weight excluding hydrogens is 620 g/mol. The Balaban J connectivity index is 2.32. The van der Waals surface area contributed by atoms with Gasteiger partial charge >= 0.3 is 23.9 Å². The highest BCUT2D eigenvalue weighted by Gasteiger charge is 2.54. The standard InChI is InChI=1S/C37H54O11/c1-6-7-8-20-36(48-35(45)18-17-33(41)42)22-23-37(47-31(36)15-11-26(3)24-34(43)44)21-19-28(5)30(46-37)14-10-25(2)9-13-29(38)27(4)12-16-32(39)40/h9-13,15-16,24,27-31,38H,6-8,14,17-23H2,1-5H3,(H,39,40)(H,41,42)(H,43,44)/t27-,28-,29-,30+,31-,36+,37-/m0/s1. The fourth-order valence-electron chi connectivity index (χ4n) is 6.01. The Morgan fingerprint density at radius 3 is 2.29 bits per heavy atom. The molecule has 2 heterocycles. The summed E-state index contributed by atoms with van der Waals surface area (Å²) in [5.74, 6) is -4.97. The maximum Gasteiger partial charge on any atom is 0.328 e. The lowest BCUT2D eigenvalue weighted by Gasteiger charge is -2.53. The summed E-state index contributed by atoms with van der Waals surface area (Å²) in [5.41, 5.74) is 0.317. The number of unbranched alkanes of at least 4 members (excludes halogenated alkanes) is 2. The van der Waals surface area contributed by atoms with Gasteiger partial charge in [0.25, 0.3) is 0 Å². The third-order valence-corrected chi connectivity index (χ3v) is 9.03. The second-order valence-corrected chi connectivity index (χ2v) is 13.2. The summed E-state index contributed by atoms with van der Waals surface area (Å²) in [6.45, 7) is 9.50. The van der Waals surface area contributed by atoms with E-state index in [1.807, 2.05) is 13.0 Å². The molecule has 0 unspecified atom stereocenters. The van der Waals surface area contributed by atoms with Gasteiger partial charge in [0.15, 0.2) is 5.79 Å². The highest BCUT2D eigenvalue weighted by molar-refractivity contribution is 5.81. The largest absolute Gasteiger partial charge is 0.481 e. The molecule has 0 amide bonds. The monoisotopic (exact) mass is 674 g/mol. The Morgan fingerprint density at radius 2 is 1.65 bits per heavy atom. The fraction of sp³-hybridized carbons (Fsp3) is 0.622. The molecule has 11 nitrogen and oxygen atoms in total. The van der Waals surface area contributed by atoms with E-state index in [1.165, 1.54) is 6.08 Å². The Kier molecular flexibility index (Phi) is 16.5. The van der Waals surface area contributed by atoms with Crippen molar-refractivity contribution in [1.29, 1.82) is 0 Å². The lowest BCUT2D eigenvalue weighted by molar-refractivity contribution is -0.344. The number of carboxylic acids is 3. The number of hydrogen-bond donors (Lipinski definition) is 4. The highest BCUT2D eigenvalue weighted by atomic mass is 16.7. The molecule has 0 aromatic rings. The van der Waals surface area contributed by atoms with Crippen LogP contribution in [0.5, 0.6) is 0 Å². The molecule has 0 radical (unpaired) electrons. The predicted molar refractivity (Wildman–Crippen MR) is 180 cm³/mol. The second-order valence-electron chi connectivity index (χ2n) is 13.2. The minimum absolute atomic E-state index is 0.187. The Morgan fingerprint density at radius 1 is 0.917 bits per heavy atom. The van der Waals surface area contributed by atoms with Crippen molar-refractivity contribution in [2.75, 3.05) is 0 Å². The molecular formula is C37H54O11. The molecule has 0 aromatic carbocycles. The van der Waals surface area contributed by atoms with Crippen LogP contribution in [-0.4, -0.2) is 74.0 Å². The van der Waals surface area contributed by atoms with Crippen LogP contribution < -0.4 is 0 Å².